The second-order valence-electron chi connectivity index (χ2n) is 6.18. The highest BCUT2D eigenvalue weighted by Gasteiger charge is 2.15. The van der Waals surface area contributed by atoms with Gasteiger partial charge in [0.15, 0.2) is 0 Å². The SMILES string of the molecule is CCCOc1cccc(NC(=O)NCCCC(C)(C)CO)c1. The monoisotopic (exact) mass is 308 g/mol. The van der Waals surface area contributed by atoms with Crippen LogP contribution in [0, 0.1) is 5.41 Å². The molecular formula is C17H28N2O3. The van der Waals surface area contributed by atoms with Gasteiger partial charge in [0.05, 0.1) is 6.61 Å². The Morgan fingerprint density at radius 3 is 2.82 bits per heavy atom. The van der Waals surface area contributed by atoms with Crippen LogP contribution in [0.25, 0.3) is 0 Å². The third kappa shape index (κ3) is 7.31. The van der Waals surface area contributed by atoms with E-state index in [0.29, 0.717) is 18.8 Å². The molecular weight excluding hydrogens is 280 g/mol. The van der Waals surface area contributed by atoms with Gasteiger partial charge in [0.25, 0.3) is 0 Å². The number of carbonyl (C=O) groups excluding carboxylic acids is 1. The molecule has 0 aliphatic heterocycles. The number of aliphatic hydroxyl groups is 1. The Morgan fingerprint density at radius 2 is 2.14 bits per heavy atom. The van der Waals surface area contributed by atoms with Gasteiger partial charge >= 0.3 is 6.03 Å². The van der Waals surface area contributed by atoms with Crippen molar-refractivity contribution in [1.82, 2.24) is 5.32 Å². The van der Waals surface area contributed by atoms with E-state index in [1.807, 2.05) is 45.0 Å². The lowest BCUT2D eigenvalue weighted by molar-refractivity contribution is 0.148. The maximum absolute atomic E-state index is 11.8. The van der Waals surface area contributed by atoms with Crippen LogP contribution in [-0.4, -0.2) is 30.9 Å². The van der Waals surface area contributed by atoms with Gasteiger partial charge in [-0.2, -0.15) is 0 Å². The average Bonchev–Trinajstić information content (AvgIpc) is 2.50. The first-order valence-corrected chi connectivity index (χ1v) is 7.85. The molecule has 0 radical (unpaired) electrons. The largest absolute Gasteiger partial charge is 0.494 e. The minimum Gasteiger partial charge on any atom is -0.494 e. The smallest absolute Gasteiger partial charge is 0.319 e. The molecule has 1 rings (SSSR count). The first kappa shape index (κ1) is 18.3. The van der Waals surface area contributed by atoms with Crippen LogP contribution in [0.2, 0.25) is 0 Å². The predicted molar refractivity (Wildman–Crippen MR) is 89.4 cm³/mol. The number of rotatable bonds is 9. The van der Waals surface area contributed by atoms with Gasteiger partial charge in [-0.3, -0.25) is 0 Å². The fourth-order valence-corrected chi connectivity index (χ4v) is 1.91. The molecule has 0 atom stereocenters. The standard InChI is InChI=1S/C17H28N2O3/c1-4-11-22-15-8-5-7-14(12-15)19-16(21)18-10-6-9-17(2,3)13-20/h5,7-8,12,20H,4,6,9-11,13H2,1-3H3,(H2,18,19,21). The molecule has 5 nitrogen and oxygen atoms in total. The number of hydrogen-bond acceptors (Lipinski definition) is 3. The van der Waals surface area contributed by atoms with E-state index >= 15 is 0 Å². The van der Waals surface area contributed by atoms with Gasteiger partial charge in [0, 0.05) is 24.9 Å². The van der Waals surface area contributed by atoms with Gasteiger partial charge in [-0.25, -0.2) is 4.79 Å². The predicted octanol–water partition coefficient (Wildman–Crippen LogP) is 3.40. The van der Waals surface area contributed by atoms with Crippen molar-refractivity contribution in [3.63, 3.8) is 0 Å². The highest BCUT2D eigenvalue weighted by atomic mass is 16.5. The van der Waals surface area contributed by atoms with Crippen LogP contribution in [0.4, 0.5) is 10.5 Å². The number of urea groups is 1. The Hall–Kier alpha value is -1.75. The first-order chi connectivity index (χ1) is 10.5. The number of ether oxygens (including phenoxy) is 1. The van der Waals surface area contributed by atoms with E-state index in [4.69, 9.17) is 4.74 Å². The minimum absolute atomic E-state index is 0.0941. The van der Waals surface area contributed by atoms with E-state index in [2.05, 4.69) is 10.6 Å². The second-order valence-corrected chi connectivity index (χ2v) is 6.18. The fraction of sp³-hybridized carbons (Fsp3) is 0.588. The lowest BCUT2D eigenvalue weighted by Gasteiger charge is -2.21. The molecule has 0 saturated carbocycles. The van der Waals surface area contributed by atoms with E-state index in [9.17, 15) is 9.90 Å². The molecule has 2 amide bonds. The summed E-state index contributed by atoms with van der Waals surface area (Å²) in [5, 5.41) is 14.8. The normalized spacial score (nSPS) is 11.1. The molecule has 0 fully saturated rings. The van der Waals surface area contributed by atoms with Crippen molar-refractivity contribution in [2.24, 2.45) is 5.41 Å². The van der Waals surface area contributed by atoms with Crippen LogP contribution in [0.1, 0.15) is 40.0 Å². The van der Waals surface area contributed by atoms with Gasteiger partial charge in [0.2, 0.25) is 0 Å². The van der Waals surface area contributed by atoms with Crippen molar-refractivity contribution in [1.29, 1.82) is 0 Å². The molecule has 5 heteroatoms. The first-order valence-electron chi connectivity index (χ1n) is 7.85. The number of carbonyl (C=O) groups is 1. The van der Waals surface area contributed by atoms with Crippen LogP contribution in [0.15, 0.2) is 24.3 Å². The molecule has 1 aromatic carbocycles. The molecule has 0 heterocycles. The maximum Gasteiger partial charge on any atom is 0.319 e. The van der Waals surface area contributed by atoms with Gasteiger partial charge in [-0.1, -0.05) is 26.8 Å². The van der Waals surface area contributed by atoms with Crippen LogP contribution < -0.4 is 15.4 Å². The Balaban J connectivity index is 2.33. The van der Waals surface area contributed by atoms with Crippen molar-refractivity contribution in [3.05, 3.63) is 24.3 Å². The summed E-state index contributed by atoms with van der Waals surface area (Å²) in [6, 6.07) is 7.13. The Labute approximate surface area is 133 Å². The number of hydrogen-bond donors (Lipinski definition) is 3. The Morgan fingerprint density at radius 1 is 1.36 bits per heavy atom. The highest BCUT2D eigenvalue weighted by Crippen LogP contribution is 2.20. The number of nitrogens with one attached hydrogen (secondary N) is 2. The number of anilines is 1. The van der Waals surface area contributed by atoms with E-state index in [1.54, 1.807) is 0 Å². The zero-order valence-electron chi connectivity index (χ0n) is 13.8. The summed E-state index contributed by atoms with van der Waals surface area (Å²) in [7, 11) is 0. The van der Waals surface area contributed by atoms with Crippen LogP contribution in [-0.2, 0) is 0 Å². The summed E-state index contributed by atoms with van der Waals surface area (Å²) in [5.74, 6) is 0.754. The van der Waals surface area contributed by atoms with E-state index in [1.165, 1.54) is 0 Å². The molecule has 1 aromatic rings. The minimum atomic E-state index is -0.227. The zero-order valence-corrected chi connectivity index (χ0v) is 13.8. The molecule has 0 spiro atoms. The second kappa shape index (κ2) is 9.30. The quantitative estimate of drug-likeness (QED) is 0.612. The van der Waals surface area contributed by atoms with Crippen LogP contribution in [0.3, 0.4) is 0 Å². The van der Waals surface area contributed by atoms with E-state index in [-0.39, 0.29) is 18.1 Å². The van der Waals surface area contributed by atoms with Crippen molar-refractivity contribution in [2.45, 2.75) is 40.0 Å². The van der Waals surface area contributed by atoms with E-state index < -0.39 is 0 Å². The maximum atomic E-state index is 11.8. The summed E-state index contributed by atoms with van der Waals surface area (Å²) in [6.45, 7) is 7.47. The van der Waals surface area contributed by atoms with Crippen LogP contribution >= 0.6 is 0 Å². The van der Waals surface area contributed by atoms with Gasteiger partial charge < -0.3 is 20.5 Å². The van der Waals surface area contributed by atoms with Crippen molar-refractivity contribution in [3.8, 4) is 5.75 Å². The summed E-state index contributed by atoms with van der Waals surface area (Å²) in [4.78, 5) is 11.8. The van der Waals surface area contributed by atoms with E-state index in [0.717, 1.165) is 25.0 Å². The summed E-state index contributed by atoms with van der Waals surface area (Å²) in [5.41, 5.74) is 0.616. The Bertz CT molecular complexity index is 461. The third-order valence-electron chi connectivity index (χ3n) is 3.31. The van der Waals surface area contributed by atoms with Gasteiger partial charge in [-0.05, 0) is 36.8 Å². The molecule has 124 valence electrons. The summed E-state index contributed by atoms with van der Waals surface area (Å²) >= 11 is 0. The average molecular weight is 308 g/mol. The topological polar surface area (TPSA) is 70.6 Å². The molecule has 0 unspecified atom stereocenters. The summed E-state index contributed by atoms with van der Waals surface area (Å²) in [6.07, 6.45) is 2.65. The lowest BCUT2D eigenvalue weighted by atomic mass is 9.89. The zero-order chi connectivity index (χ0) is 16.4. The molecule has 3 N–H and O–H groups in total. The molecule has 22 heavy (non-hydrogen) atoms. The van der Waals surface area contributed by atoms with Crippen LogP contribution in [0.5, 0.6) is 5.75 Å². The highest BCUT2D eigenvalue weighted by molar-refractivity contribution is 5.89. The number of aliphatic hydroxyl groups excluding tert-OH is 1. The molecule has 0 aliphatic carbocycles. The molecule has 0 saturated heterocycles. The lowest BCUT2D eigenvalue weighted by Crippen LogP contribution is -2.30. The van der Waals surface area contributed by atoms with Gasteiger partial charge in [0.1, 0.15) is 5.75 Å². The number of amides is 2. The van der Waals surface area contributed by atoms with Gasteiger partial charge in [-0.15, -0.1) is 0 Å². The molecule has 0 aromatic heterocycles. The van der Waals surface area contributed by atoms with Crippen molar-refractivity contribution >= 4 is 11.7 Å². The van der Waals surface area contributed by atoms with Crippen molar-refractivity contribution in [2.75, 3.05) is 25.1 Å². The fourth-order valence-electron chi connectivity index (χ4n) is 1.91. The summed E-state index contributed by atoms with van der Waals surface area (Å²) < 4.78 is 5.53. The Kier molecular flexibility index (Phi) is 7.74. The molecule has 0 aliphatic rings. The van der Waals surface area contributed by atoms with Crippen molar-refractivity contribution < 1.29 is 14.6 Å². The number of benzene rings is 1. The molecule has 0 bridgehead atoms. The third-order valence-corrected chi connectivity index (χ3v) is 3.31.